The van der Waals surface area contributed by atoms with Crippen molar-refractivity contribution in [3.8, 4) is 0 Å². The molecule has 2 unspecified atom stereocenters. The summed E-state index contributed by atoms with van der Waals surface area (Å²) in [7, 11) is 0. The molecule has 1 rings (SSSR count). The van der Waals surface area contributed by atoms with Gasteiger partial charge in [0.05, 0.1) is 5.69 Å². The molecular formula is C14H25N3. The Hall–Kier alpha value is -0.960. The predicted octanol–water partition coefficient (Wildman–Crippen LogP) is 3.49. The van der Waals surface area contributed by atoms with Gasteiger partial charge in [-0.1, -0.05) is 33.1 Å². The van der Waals surface area contributed by atoms with Crippen molar-refractivity contribution < 1.29 is 0 Å². The highest BCUT2D eigenvalue weighted by Crippen LogP contribution is 2.13. The Kier molecular flexibility index (Phi) is 6.78. The van der Waals surface area contributed by atoms with Crippen LogP contribution in [0.4, 0.5) is 0 Å². The van der Waals surface area contributed by atoms with Crippen LogP contribution in [0.5, 0.6) is 0 Å². The maximum absolute atomic E-state index is 4.35. The van der Waals surface area contributed by atoms with Crippen LogP contribution in [0.3, 0.4) is 0 Å². The van der Waals surface area contributed by atoms with Crippen molar-refractivity contribution in [3.05, 3.63) is 24.3 Å². The summed E-state index contributed by atoms with van der Waals surface area (Å²) in [6, 6.07) is 0.897. The molecule has 3 nitrogen and oxygen atoms in total. The summed E-state index contributed by atoms with van der Waals surface area (Å²) in [5, 5.41) is 3.67. The molecule has 17 heavy (non-hydrogen) atoms. The summed E-state index contributed by atoms with van der Waals surface area (Å²) in [6.45, 7) is 6.65. The summed E-state index contributed by atoms with van der Waals surface area (Å²) in [6.07, 6.45) is 11.6. The van der Waals surface area contributed by atoms with Crippen molar-refractivity contribution in [2.75, 3.05) is 0 Å². The average Bonchev–Trinajstić information content (AvgIpc) is 2.37. The highest BCUT2D eigenvalue weighted by Gasteiger charge is 2.13. The molecule has 1 N–H and O–H groups in total. The summed E-state index contributed by atoms with van der Waals surface area (Å²) in [4.78, 5) is 8.47. The summed E-state index contributed by atoms with van der Waals surface area (Å²) < 4.78 is 0. The topological polar surface area (TPSA) is 37.8 Å². The van der Waals surface area contributed by atoms with E-state index in [0.717, 1.165) is 5.69 Å². The van der Waals surface area contributed by atoms with E-state index in [4.69, 9.17) is 0 Å². The van der Waals surface area contributed by atoms with Gasteiger partial charge in [0.25, 0.3) is 0 Å². The minimum atomic E-state index is 0.289. The van der Waals surface area contributed by atoms with E-state index in [1.165, 1.54) is 32.1 Å². The van der Waals surface area contributed by atoms with Gasteiger partial charge in [-0.25, -0.2) is 0 Å². The van der Waals surface area contributed by atoms with Gasteiger partial charge in [0, 0.05) is 30.7 Å². The first kappa shape index (κ1) is 14.1. The molecule has 0 fully saturated rings. The number of hydrogen-bond acceptors (Lipinski definition) is 3. The average molecular weight is 235 g/mol. The van der Waals surface area contributed by atoms with Gasteiger partial charge < -0.3 is 5.32 Å². The van der Waals surface area contributed by atoms with Gasteiger partial charge in [-0.05, 0) is 19.8 Å². The van der Waals surface area contributed by atoms with Crippen LogP contribution in [-0.4, -0.2) is 16.0 Å². The molecule has 0 radical (unpaired) electrons. The maximum Gasteiger partial charge on any atom is 0.0753 e. The molecular weight excluding hydrogens is 210 g/mol. The molecule has 1 heterocycles. The fourth-order valence-corrected chi connectivity index (χ4v) is 2.08. The molecule has 0 saturated carbocycles. The van der Waals surface area contributed by atoms with E-state index in [2.05, 4.69) is 36.1 Å². The Bertz CT molecular complexity index is 287. The number of unbranched alkanes of at least 4 members (excludes halogenated alkanes) is 1. The number of nitrogens with zero attached hydrogens (tertiary/aromatic N) is 2. The molecule has 0 saturated heterocycles. The Morgan fingerprint density at radius 3 is 2.59 bits per heavy atom. The molecule has 0 aromatic carbocycles. The van der Waals surface area contributed by atoms with Crippen LogP contribution >= 0.6 is 0 Å². The van der Waals surface area contributed by atoms with Crippen LogP contribution in [0, 0.1) is 0 Å². The molecule has 96 valence electrons. The molecule has 0 amide bonds. The second kappa shape index (κ2) is 8.18. The van der Waals surface area contributed by atoms with Crippen LogP contribution in [0.1, 0.15) is 64.6 Å². The lowest BCUT2D eigenvalue weighted by Crippen LogP contribution is -2.32. The molecule has 0 aliphatic carbocycles. The van der Waals surface area contributed by atoms with Gasteiger partial charge in [-0.3, -0.25) is 9.97 Å². The normalized spacial score (nSPS) is 14.5. The van der Waals surface area contributed by atoms with E-state index in [0.29, 0.717) is 6.04 Å². The van der Waals surface area contributed by atoms with Crippen molar-refractivity contribution in [2.24, 2.45) is 0 Å². The highest BCUT2D eigenvalue weighted by atomic mass is 15.0. The number of rotatable bonds is 8. The minimum Gasteiger partial charge on any atom is -0.306 e. The molecule has 3 heteroatoms. The first-order valence-electron chi connectivity index (χ1n) is 6.79. The van der Waals surface area contributed by atoms with Crippen LogP contribution in [-0.2, 0) is 0 Å². The zero-order chi connectivity index (χ0) is 12.5. The van der Waals surface area contributed by atoms with E-state index in [-0.39, 0.29) is 6.04 Å². The van der Waals surface area contributed by atoms with Gasteiger partial charge >= 0.3 is 0 Å². The van der Waals surface area contributed by atoms with Gasteiger partial charge in [0.2, 0.25) is 0 Å². The van der Waals surface area contributed by atoms with E-state index in [1.807, 2.05) is 6.20 Å². The largest absolute Gasteiger partial charge is 0.306 e. The zero-order valence-corrected chi connectivity index (χ0v) is 11.3. The SMILES string of the molecule is CCCCC(CCC)NC(C)c1cnccn1. The van der Waals surface area contributed by atoms with E-state index < -0.39 is 0 Å². The number of nitrogens with one attached hydrogen (secondary N) is 1. The van der Waals surface area contributed by atoms with Crippen molar-refractivity contribution in [1.29, 1.82) is 0 Å². The molecule has 1 aromatic rings. The summed E-state index contributed by atoms with van der Waals surface area (Å²) in [5.74, 6) is 0. The monoisotopic (exact) mass is 235 g/mol. The lowest BCUT2D eigenvalue weighted by Gasteiger charge is -2.22. The van der Waals surface area contributed by atoms with Crippen molar-refractivity contribution in [2.45, 2.75) is 65.0 Å². The van der Waals surface area contributed by atoms with Crippen LogP contribution in [0.15, 0.2) is 18.6 Å². The van der Waals surface area contributed by atoms with Crippen LogP contribution in [0.2, 0.25) is 0 Å². The zero-order valence-electron chi connectivity index (χ0n) is 11.3. The van der Waals surface area contributed by atoms with E-state index in [9.17, 15) is 0 Å². The number of aromatic nitrogens is 2. The Morgan fingerprint density at radius 2 is 2.00 bits per heavy atom. The molecule has 0 aliphatic heterocycles. The van der Waals surface area contributed by atoms with Crippen molar-refractivity contribution >= 4 is 0 Å². The molecule has 0 spiro atoms. The second-order valence-electron chi connectivity index (χ2n) is 4.65. The van der Waals surface area contributed by atoms with Crippen LogP contribution < -0.4 is 5.32 Å². The Balaban J connectivity index is 2.48. The Morgan fingerprint density at radius 1 is 1.18 bits per heavy atom. The lowest BCUT2D eigenvalue weighted by atomic mass is 10.0. The molecule has 2 atom stereocenters. The summed E-state index contributed by atoms with van der Waals surface area (Å²) >= 11 is 0. The molecule has 1 aromatic heterocycles. The number of hydrogen-bond donors (Lipinski definition) is 1. The van der Waals surface area contributed by atoms with Crippen LogP contribution in [0.25, 0.3) is 0 Å². The van der Waals surface area contributed by atoms with Gasteiger partial charge in [-0.15, -0.1) is 0 Å². The van der Waals surface area contributed by atoms with Crippen molar-refractivity contribution in [1.82, 2.24) is 15.3 Å². The minimum absolute atomic E-state index is 0.289. The van der Waals surface area contributed by atoms with Gasteiger partial charge in [0.1, 0.15) is 0 Å². The standard InChI is InChI=1S/C14H25N3/c1-4-6-8-13(7-5-2)17-12(3)14-11-15-9-10-16-14/h9-13,17H,4-8H2,1-3H3. The molecule has 0 bridgehead atoms. The second-order valence-corrected chi connectivity index (χ2v) is 4.65. The van der Waals surface area contributed by atoms with Crippen molar-refractivity contribution in [3.63, 3.8) is 0 Å². The third-order valence-electron chi connectivity index (χ3n) is 3.06. The fourth-order valence-electron chi connectivity index (χ4n) is 2.08. The van der Waals surface area contributed by atoms with Gasteiger partial charge in [0.15, 0.2) is 0 Å². The smallest absolute Gasteiger partial charge is 0.0753 e. The van der Waals surface area contributed by atoms with E-state index >= 15 is 0 Å². The molecule has 0 aliphatic rings. The first-order chi connectivity index (χ1) is 8.27. The summed E-state index contributed by atoms with van der Waals surface area (Å²) in [5.41, 5.74) is 1.03. The first-order valence-corrected chi connectivity index (χ1v) is 6.79. The quantitative estimate of drug-likeness (QED) is 0.749. The fraction of sp³-hybridized carbons (Fsp3) is 0.714. The Labute approximate surface area is 105 Å². The van der Waals surface area contributed by atoms with E-state index in [1.54, 1.807) is 12.4 Å². The predicted molar refractivity (Wildman–Crippen MR) is 71.8 cm³/mol. The third-order valence-corrected chi connectivity index (χ3v) is 3.06. The lowest BCUT2D eigenvalue weighted by molar-refractivity contribution is 0.392. The maximum atomic E-state index is 4.35. The third kappa shape index (κ3) is 5.26. The highest BCUT2D eigenvalue weighted by molar-refractivity contribution is 5.01. The van der Waals surface area contributed by atoms with Gasteiger partial charge in [-0.2, -0.15) is 0 Å².